The number of rotatable bonds is 6. The minimum Gasteiger partial charge on any atom is -0.407 e. The number of hydrazine groups is 1. The van der Waals surface area contributed by atoms with Crippen molar-refractivity contribution >= 4 is 43.5 Å². The van der Waals surface area contributed by atoms with Crippen molar-refractivity contribution in [3.05, 3.63) is 29.5 Å². The highest BCUT2D eigenvalue weighted by Crippen LogP contribution is 2.50. The average molecular weight is 576 g/mol. The van der Waals surface area contributed by atoms with Crippen LogP contribution < -0.4 is 16.2 Å². The molecule has 3 unspecified atom stereocenters. The molecule has 4 amide bonds. The summed E-state index contributed by atoms with van der Waals surface area (Å²) in [5.41, 5.74) is 5.09. The molecule has 39 heavy (non-hydrogen) atoms. The van der Waals surface area contributed by atoms with Crippen LogP contribution in [0.15, 0.2) is 24.5 Å². The van der Waals surface area contributed by atoms with Gasteiger partial charge >= 0.3 is 6.03 Å². The molecule has 2 aromatic rings. The molecule has 2 aliphatic heterocycles. The number of carbonyl (C=O) groups excluding carboxylic acids is 3. The van der Waals surface area contributed by atoms with E-state index in [4.69, 9.17) is 16.0 Å². The van der Waals surface area contributed by atoms with Crippen molar-refractivity contribution in [3.63, 3.8) is 0 Å². The number of hydrogen-bond donors (Lipinski definition) is 3. The molecule has 1 aromatic heterocycles. The summed E-state index contributed by atoms with van der Waals surface area (Å²) in [6.07, 6.45) is 3.42. The van der Waals surface area contributed by atoms with Gasteiger partial charge < -0.3 is 14.6 Å². The van der Waals surface area contributed by atoms with Gasteiger partial charge in [0.05, 0.1) is 5.02 Å². The molecule has 1 saturated carbocycles. The van der Waals surface area contributed by atoms with E-state index in [1.807, 2.05) is 0 Å². The van der Waals surface area contributed by atoms with Gasteiger partial charge in [0.2, 0.25) is 0 Å². The van der Waals surface area contributed by atoms with E-state index in [0.29, 0.717) is 34.9 Å². The molecule has 5 rings (SSSR count). The Bertz CT molecular complexity index is 1280. The van der Waals surface area contributed by atoms with Crippen molar-refractivity contribution < 1.29 is 18.8 Å². The summed E-state index contributed by atoms with van der Waals surface area (Å²) in [5.74, 6) is -0.140. The monoisotopic (exact) mass is 575 g/mol. The van der Waals surface area contributed by atoms with Crippen LogP contribution in [0.5, 0.6) is 0 Å². The van der Waals surface area contributed by atoms with Crippen LogP contribution in [0.1, 0.15) is 47.0 Å². The van der Waals surface area contributed by atoms with Gasteiger partial charge in [0.15, 0.2) is 14.1 Å². The zero-order chi connectivity index (χ0) is 28.8. The Kier molecular flexibility index (Phi) is 7.85. The highest BCUT2D eigenvalue weighted by atomic mass is 35.5. The van der Waals surface area contributed by atoms with E-state index in [1.165, 1.54) is 0 Å². The lowest BCUT2D eigenvalue weighted by Gasteiger charge is -2.61. The smallest absolute Gasteiger partial charge is 0.323 e. The Morgan fingerprint density at radius 3 is 2.56 bits per heavy atom. The molecule has 0 radical (unpaired) electrons. The van der Waals surface area contributed by atoms with Crippen molar-refractivity contribution in [1.29, 1.82) is 0 Å². The molecular formula is C26H38ClN7O4Si. The summed E-state index contributed by atoms with van der Waals surface area (Å²) in [4.78, 5) is 45.2. The first-order valence-electron chi connectivity index (χ1n) is 13.1. The van der Waals surface area contributed by atoms with Crippen LogP contribution >= 0.6 is 11.6 Å². The SMILES string of the molecule is CC1CC2CC(C(=O)NNC(=O)CO[Si](C)(C)C(C)(C)C)(C1)N2C(=O)Nc1ccc(Cl)c(-c2ncn(C)n2)c1. The Morgan fingerprint density at radius 2 is 1.92 bits per heavy atom. The van der Waals surface area contributed by atoms with Crippen LogP contribution in [0.25, 0.3) is 11.4 Å². The number of piperidine rings is 1. The number of amides is 4. The first-order valence-corrected chi connectivity index (χ1v) is 16.4. The van der Waals surface area contributed by atoms with Gasteiger partial charge in [-0.3, -0.25) is 25.1 Å². The second-order valence-corrected chi connectivity index (χ2v) is 17.4. The first-order chi connectivity index (χ1) is 18.1. The molecule has 3 N–H and O–H groups in total. The fraction of sp³-hybridized carbons (Fsp3) is 0.577. The standard InChI is InChI=1S/C26H38ClN7O4Si/c1-16-10-18-13-26(12-16,23(36)31-30-21(35)14-38-39(6,7)25(2,3)4)34(18)24(37)29-17-8-9-20(27)19(11-17)22-28-15-33(5)32-22/h8-9,11,15-16,18H,10,12-14H2,1-7H3,(H,29,37)(H,30,35)(H,31,36). The number of benzene rings is 1. The number of nitrogens with one attached hydrogen (secondary N) is 3. The second-order valence-electron chi connectivity index (χ2n) is 12.2. The van der Waals surface area contributed by atoms with Crippen LogP contribution in [-0.2, 0) is 21.1 Å². The van der Waals surface area contributed by atoms with Crippen LogP contribution in [0.2, 0.25) is 23.2 Å². The third-order valence-corrected chi connectivity index (χ3v) is 13.0. The van der Waals surface area contributed by atoms with E-state index in [2.05, 4.69) is 67.0 Å². The Hall–Kier alpha value is -2.96. The van der Waals surface area contributed by atoms with E-state index in [-0.39, 0.29) is 29.6 Å². The van der Waals surface area contributed by atoms with Gasteiger partial charge in [-0.05, 0) is 55.1 Å². The van der Waals surface area contributed by atoms with Gasteiger partial charge in [0.25, 0.3) is 11.8 Å². The number of halogens is 1. The first kappa shape index (κ1) is 29.0. The minimum atomic E-state index is -2.12. The summed E-state index contributed by atoms with van der Waals surface area (Å²) in [5, 5.41) is 7.62. The summed E-state index contributed by atoms with van der Waals surface area (Å²) in [6, 6.07) is 4.62. The number of hydrogen-bond acceptors (Lipinski definition) is 6. The molecule has 3 heterocycles. The third kappa shape index (κ3) is 5.82. The summed E-state index contributed by atoms with van der Waals surface area (Å²) < 4.78 is 7.51. The topological polar surface area (TPSA) is 130 Å². The number of anilines is 1. The molecule has 3 aliphatic rings. The minimum absolute atomic E-state index is 0.0402. The molecule has 1 aliphatic carbocycles. The summed E-state index contributed by atoms with van der Waals surface area (Å²) >= 11 is 6.36. The van der Waals surface area contributed by atoms with E-state index < -0.39 is 25.7 Å². The molecule has 2 bridgehead atoms. The van der Waals surface area contributed by atoms with E-state index in [0.717, 1.165) is 6.42 Å². The summed E-state index contributed by atoms with van der Waals surface area (Å²) in [7, 11) is -0.358. The second kappa shape index (κ2) is 10.5. The lowest BCUT2D eigenvalue weighted by Crippen LogP contribution is -2.78. The average Bonchev–Trinajstić information content (AvgIpc) is 3.27. The molecule has 212 valence electrons. The number of fused-ring (bicyclic) bond motifs is 2. The van der Waals surface area contributed by atoms with Gasteiger partial charge in [-0.15, -0.1) is 0 Å². The fourth-order valence-corrected chi connectivity index (χ4v) is 6.26. The lowest BCUT2D eigenvalue weighted by atomic mass is 9.64. The van der Waals surface area contributed by atoms with E-state index >= 15 is 0 Å². The van der Waals surface area contributed by atoms with Crippen molar-refractivity contribution in [2.45, 2.75) is 76.7 Å². The maximum atomic E-state index is 13.5. The Balaban J connectivity index is 1.43. The number of urea groups is 1. The number of aryl methyl sites for hydroxylation is 1. The summed E-state index contributed by atoms with van der Waals surface area (Å²) in [6.45, 7) is 12.3. The number of aromatic nitrogens is 3. The van der Waals surface area contributed by atoms with Gasteiger partial charge in [0, 0.05) is 30.8 Å². The fourth-order valence-electron chi connectivity index (χ4n) is 5.13. The normalized spacial score (nSPS) is 22.6. The predicted octanol–water partition coefficient (Wildman–Crippen LogP) is 4.08. The molecule has 2 saturated heterocycles. The van der Waals surface area contributed by atoms with E-state index in [9.17, 15) is 14.4 Å². The quantitative estimate of drug-likeness (QED) is 0.351. The Labute approximate surface area is 235 Å². The molecular weight excluding hydrogens is 538 g/mol. The van der Waals surface area contributed by atoms with E-state index in [1.54, 1.807) is 41.2 Å². The maximum Gasteiger partial charge on any atom is 0.323 e. The molecule has 3 atom stereocenters. The van der Waals surface area contributed by atoms with Crippen LogP contribution in [0.3, 0.4) is 0 Å². The number of carbonyl (C=O) groups is 3. The third-order valence-electron chi connectivity index (χ3n) is 8.15. The molecule has 13 heteroatoms. The van der Waals surface area contributed by atoms with Crippen LogP contribution in [-0.4, -0.2) is 64.0 Å². The van der Waals surface area contributed by atoms with Gasteiger partial charge in [0.1, 0.15) is 18.5 Å². The van der Waals surface area contributed by atoms with Crippen LogP contribution in [0.4, 0.5) is 10.5 Å². The molecule has 1 aromatic carbocycles. The molecule has 11 nitrogen and oxygen atoms in total. The van der Waals surface area contributed by atoms with Gasteiger partial charge in [-0.2, -0.15) is 5.10 Å². The lowest BCUT2D eigenvalue weighted by molar-refractivity contribution is -0.157. The predicted molar refractivity (Wildman–Crippen MR) is 151 cm³/mol. The molecule has 3 fully saturated rings. The van der Waals surface area contributed by atoms with Crippen LogP contribution in [0, 0.1) is 5.92 Å². The van der Waals surface area contributed by atoms with Crippen molar-refractivity contribution in [1.82, 2.24) is 30.5 Å². The maximum absolute atomic E-state index is 13.5. The van der Waals surface area contributed by atoms with Crippen molar-refractivity contribution in [2.75, 3.05) is 11.9 Å². The zero-order valence-electron chi connectivity index (χ0n) is 23.6. The van der Waals surface area contributed by atoms with Gasteiger partial charge in [-0.25, -0.2) is 9.78 Å². The highest BCUT2D eigenvalue weighted by molar-refractivity contribution is 6.74. The largest absolute Gasteiger partial charge is 0.407 e. The highest BCUT2D eigenvalue weighted by Gasteiger charge is 2.62. The van der Waals surface area contributed by atoms with Gasteiger partial charge in [-0.1, -0.05) is 39.3 Å². The van der Waals surface area contributed by atoms with Crippen molar-refractivity contribution in [3.8, 4) is 11.4 Å². The van der Waals surface area contributed by atoms with Crippen molar-refractivity contribution in [2.24, 2.45) is 13.0 Å². The molecule has 0 spiro atoms. The Morgan fingerprint density at radius 1 is 1.21 bits per heavy atom. The number of nitrogens with zero attached hydrogens (tertiary/aromatic N) is 4. The zero-order valence-corrected chi connectivity index (χ0v) is 25.3.